The summed E-state index contributed by atoms with van der Waals surface area (Å²) in [5.41, 5.74) is 5.45. The molecule has 7 nitrogen and oxygen atoms in total. The van der Waals surface area contributed by atoms with Gasteiger partial charge in [-0.2, -0.15) is 13.1 Å². The van der Waals surface area contributed by atoms with E-state index in [1.807, 2.05) is 44.2 Å². The summed E-state index contributed by atoms with van der Waals surface area (Å²) in [5.74, 6) is 0.586. The fourth-order valence-electron chi connectivity index (χ4n) is 3.37. The van der Waals surface area contributed by atoms with Gasteiger partial charge in [-0.1, -0.05) is 18.2 Å². The van der Waals surface area contributed by atoms with Crippen LogP contribution in [0.25, 0.3) is 17.0 Å². The van der Waals surface area contributed by atoms with Crippen LogP contribution in [-0.4, -0.2) is 37.2 Å². The summed E-state index contributed by atoms with van der Waals surface area (Å²) in [6, 6.07) is 11.3. The van der Waals surface area contributed by atoms with Crippen LogP contribution in [0.4, 0.5) is 0 Å². The van der Waals surface area contributed by atoms with Crippen molar-refractivity contribution in [2.75, 3.05) is 13.4 Å². The Bertz CT molecular complexity index is 1310. The van der Waals surface area contributed by atoms with Gasteiger partial charge in [0.05, 0.1) is 24.6 Å². The number of methoxy groups -OCH3 is 1. The maximum atomic E-state index is 11.8. The zero-order chi connectivity index (χ0) is 20.8. The van der Waals surface area contributed by atoms with Gasteiger partial charge in [-0.15, -0.1) is 0 Å². The number of hydrogen-bond donors (Lipinski definition) is 1. The Hall–Kier alpha value is -3.26. The number of aromatic nitrogens is 2. The van der Waals surface area contributed by atoms with Gasteiger partial charge in [0.2, 0.25) is 0 Å². The molecule has 1 N–H and O–H groups in total. The molecule has 0 saturated heterocycles. The number of aromatic amines is 1. The van der Waals surface area contributed by atoms with Crippen molar-refractivity contribution < 1.29 is 17.4 Å². The fraction of sp³-hybridized carbons (Fsp3) is 0.190. The van der Waals surface area contributed by atoms with E-state index >= 15 is 0 Å². The molecule has 1 aliphatic rings. The first kappa shape index (κ1) is 19.1. The highest BCUT2D eigenvalue weighted by Crippen LogP contribution is 2.28. The van der Waals surface area contributed by atoms with Crippen molar-refractivity contribution in [1.29, 1.82) is 0 Å². The summed E-state index contributed by atoms with van der Waals surface area (Å²) in [6.07, 6.45) is 4.70. The lowest BCUT2D eigenvalue weighted by Crippen LogP contribution is -2.21. The predicted molar refractivity (Wildman–Crippen MR) is 113 cm³/mol. The number of para-hydroxylation sites is 1. The Morgan fingerprint density at radius 1 is 1.17 bits per heavy atom. The van der Waals surface area contributed by atoms with E-state index in [0.717, 1.165) is 28.6 Å². The summed E-state index contributed by atoms with van der Waals surface area (Å²) >= 11 is 0. The van der Waals surface area contributed by atoms with Crippen LogP contribution in [0.1, 0.15) is 22.6 Å². The Morgan fingerprint density at radius 2 is 1.93 bits per heavy atom. The van der Waals surface area contributed by atoms with E-state index in [1.165, 1.54) is 4.73 Å². The Balaban J connectivity index is 1.86. The maximum Gasteiger partial charge on any atom is 0.324 e. The highest BCUT2D eigenvalue weighted by molar-refractivity contribution is 7.86. The van der Waals surface area contributed by atoms with E-state index < -0.39 is 10.1 Å². The lowest BCUT2D eigenvalue weighted by atomic mass is 10.2. The van der Waals surface area contributed by atoms with E-state index in [2.05, 4.69) is 16.0 Å². The highest BCUT2D eigenvalue weighted by Gasteiger charge is 2.23. The molecule has 0 atom stereocenters. The van der Waals surface area contributed by atoms with Crippen molar-refractivity contribution in [3.05, 3.63) is 76.6 Å². The molecule has 0 aliphatic carbocycles. The number of nitrogens with one attached hydrogen (secondary N) is 1. The van der Waals surface area contributed by atoms with Gasteiger partial charge in [0.1, 0.15) is 17.2 Å². The molecule has 0 spiro atoms. The van der Waals surface area contributed by atoms with Crippen molar-refractivity contribution in [3.8, 4) is 0 Å². The Kier molecular flexibility index (Phi) is 4.58. The van der Waals surface area contributed by atoms with Crippen molar-refractivity contribution in [2.24, 2.45) is 4.99 Å². The van der Waals surface area contributed by atoms with E-state index in [0.29, 0.717) is 28.4 Å². The molecule has 4 rings (SSSR count). The van der Waals surface area contributed by atoms with Crippen LogP contribution in [0.3, 0.4) is 0 Å². The largest absolute Gasteiger partial charge is 0.494 e. The van der Waals surface area contributed by atoms with Crippen LogP contribution in [0.5, 0.6) is 0 Å². The molecule has 0 radical (unpaired) electrons. The van der Waals surface area contributed by atoms with Crippen LogP contribution in [0.2, 0.25) is 0 Å². The second-order valence-electron chi connectivity index (χ2n) is 6.95. The average Bonchev–Trinajstić information content (AvgIpc) is 3.30. The van der Waals surface area contributed by atoms with Crippen molar-refractivity contribution in [1.82, 2.24) is 9.71 Å². The first-order valence-corrected chi connectivity index (χ1v) is 10.8. The van der Waals surface area contributed by atoms with E-state index in [9.17, 15) is 8.42 Å². The number of aliphatic imine (C=N–C) groups is 1. The zero-order valence-corrected chi connectivity index (χ0v) is 17.4. The molecular formula is C21H21N3O4S. The summed E-state index contributed by atoms with van der Waals surface area (Å²) in [5, 5.41) is 0.842. The summed E-state index contributed by atoms with van der Waals surface area (Å²) < 4.78 is 35.7. The smallest absolute Gasteiger partial charge is 0.324 e. The van der Waals surface area contributed by atoms with Crippen molar-refractivity contribution >= 4 is 32.8 Å². The minimum Gasteiger partial charge on any atom is -0.494 e. The molecular weight excluding hydrogens is 390 g/mol. The second-order valence-corrected chi connectivity index (χ2v) is 8.51. The number of allylic oxidation sites excluding steroid dienone is 1. The zero-order valence-electron chi connectivity index (χ0n) is 16.6. The molecule has 0 fully saturated rings. The minimum atomic E-state index is -3.74. The van der Waals surface area contributed by atoms with Gasteiger partial charge in [-0.3, -0.25) is 4.28 Å². The van der Waals surface area contributed by atoms with Gasteiger partial charge < -0.3 is 9.72 Å². The SMILES string of the molecule is COC1=CC(c2cc3ccccc3n2OS(C)(=O)=O)=N/C1=C\c1[nH]c(C)cc1C. The van der Waals surface area contributed by atoms with Crippen LogP contribution < -0.4 is 4.28 Å². The van der Waals surface area contributed by atoms with Crippen LogP contribution in [0.15, 0.2) is 58.9 Å². The van der Waals surface area contributed by atoms with Gasteiger partial charge in [-0.25, -0.2) is 4.99 Å². The summed E-state index contributed by atoms with van der Waals surface area (Å²) in [4.78, 5) is 7.98. The fourth-order valence-corrected chi connectivity index (χ4v) is 3.80. The third-order valence-corrected chi connectivity index (χ3v) is 5.01. The van der Waals surface area contributed by atoms with Gasteiger partial charge in [-0.05, 0) is 43.7 Å². The Labute approximate surface area is 169 Å². The van der Waals surface area contributed by atoms with Gasteiger partial charge in [0.25, 0.3) is 0 Å². The molecule has 0 amide bonds. The molecule has 0 bridgehead atoms. The quantitative estimate of drug-likeness (QED) is 0.698. The number of H-pyrrole nitrogens is 1. The molecule has 0 unspecified atom stereocenters. The number of benzene rings is 1. The number of ether oxygens (including phenoxy) is 1. The second kappa shape index (κ2) is 6.97. The van der Waals surface area contributed by atoms with Crippen molar-refractivity contribution in [3.63, 3.8) is 0 Å². The average molecular weight is 411 g/mol. The van der Waals surface area contributed by atoms with Gasteiger partial charge in [0.15, 0.2) is 0 Å². The number of nitrogens with zero attached hydrogens (tertiary/aromatic N) is 2. The normalized spacial score (nSPS) is 15.7. The van der Waals surface area contributed by atoms with Gasteiger partial charge >= 0.3 is 10.1 Å². The minimum absolute atomic E-state index is 0.522. The number of fused-ring (bicyclic) bond motifs is 1. The molecule has 29 heavy (non-hydrogen) atoms. The molecule has 3 heterocycles. The summed E-state index contributed by atoms with van der Waals surface area (Å²) in [7, 11) is -2.16. The molecule has 150 valence electrons. The number of aryl methyl sites for hydroxylation is 2. The first-order chi connectivity index (χ1) is 13.7. The monoisotopic (exact) mass is 411 g/mol. The molecule has 8 heteroatoms. The lowest BCUT2D eigenvalue weighted by molar-refractivity contribution is 0.294. The lowest BCUT2D eigenvalue weighted by Gasteiger charge is -2.08. The standard InChI is InChI=1S/C21H21N3O4S/c1-13-9-14(2)22-16(13)11-18-21(27-3)12-17(23-18)20-10-15-7-5-6-8-19(15)24(20)28-29(4,25)26/h5-12,22H,1-4H3/b18-11-. The maximum absolute atomic E-state index is 11.8. The van der Waals surface area contributed by atoms with Gasteiger partial charge in [0, 0.05) is 22.9 Å². The molecule has 1 aliphatic heterocycles. The molecule has 2 aromatic heterocycles. The number of hydrogen-bond acceptors (Lipinski definition) is 5. The Morgan fingerprint density at radius 3 is 2.59 bits per heavy atom. The third kappa shape index (κ3) is 3.71. The van der Waals surface area contributed by atoms with E-state index in [4.69, 9.17) is 9.02 Å². The van der Waals surface area contributed by atoms with Crippen LogP contribution >= 0.6 is 0 Å². The third-order valence-electron chi connectivity index (χ3n) is 4.59. The highest BCUT2D eigenvalue weighted by atomic mass is 32.2. The van der Waals surface area contributed by atoms with E-state index in [-0.39, 0.29) is 0 Å². The van der Waals surface area contributed by atoms with E-state index in [1.54, 1.807) is 19.3 Å². The molecule has 3 aromatic rings. The van der Waals surface area contributed by atoms with Crippen molar-refractivity contribution in [2.45, 2.75) is 13.8 Å². The topological polar surface area (TPSA) is 85.7 Å². The molecule has 1 aromatic carbocycles. The first-order valence-electron chi connectivity index (χ1n) is 8.98. The van der Waals surface area contributed by atoms with Crippen LogP contribution in [-0.2, 0) is 14.9 Å². The summed E-state index contributed by atoms with van der Waals surface area (Å²) in [6.45, 7) is 4.01. The molecule has 0 saturated carbocycles. The van der Waals surface area contributed by atoms with Crippen LogP contribution in [0, 0.1) is 13.8 Å². The predicted octanol–water partition coefficient (Wildman–Crippen LogP) is 3.35. The number of rotatable bonds is 5.